The van der Waals surface area contributed by atoms with Crippen LogP contribution in [0.25, 0.3) is 0 Å². The van der Waals surface area contributed by atoms with Gasteiger partial charge in [0, 0.05) is 12.6 Å². The van der Waals surface area contributed by atoms with E-state index in [1.807, 2.05) is 6.20 Å². The molecule has 4 nitrogen and oxygen atoms in total. The molecule has 0 aliphatic heterocycles. The summed E-state index contributed by atoms with van der Waals surface area (Å²) in [4.78, 5) is 0. The zero-order chi connectivity index (χ0) is 7.23. The van der Waals surface area contributed by atoms with Crippen LogP contribution in [-0.2, 0) is 11.2 Å². The van der Waals surface area contributed by atoms with Gasteiger partial charge in [-0.3, -0.25) is 10.5 Å². The molecule has 11 heavy (non-hydrogen) atoms. The summed E-state index contributed by atoms with van der Waals surface area (Å²) in [7, 11) is 0. The van der Waals surface area contributed by atoms with Crippen LogP contribution in [0.4, 0.5) is 0 Å². The first kappa shape index (κ1) is 9.97. The lowest BCUT2D eigenvalue weighted by Crippen LogP contribution is -1.94. The molecule has 0 saturated heterocycles. The molecule has 0 bridgehead atoms. The van der Waals surface area contributed by atoms with E-state index in [1.165, 1.54) is 0 Å². The largest absolute Gasteiger partial charge is 0.483 e. The maximum absolute atomic E-state index is 6.56. The maximum atomic E-state index is 6.56. The number of nitrogens with one attached hydrogen (secondary N) is 2. The van der Waals surface area contributed by atoms with E-state index >= 15 is 0 Å². The van der Waals surface area contributed by atoms with Gasteiger partial charge in [0.2, 0.25) is 0 Å². The van der Waals surface area contributed by atoms with Crippen LogP contribution in [0, 0.1) is 5.41 Å². The molecule has 0 aliphatic rings. The van der Waals surface area contributed by atoms with Gasteiger partial charge in [0.05, 0.1) is 12.8 Å². The van der Waals surface area contributed by atoms with Crippen LogP contribution >= 0.6 is 12.4 Å². The van der Waals surface area contributed by atoms with Gasteiger partial charge in [0.25, 0.3) is 0 Å². The van der Waals surface area contributed by atoms with Gasteiger partial charge in [-0.15, -0.1) is 12.4 Å². The van der Waals surface area contributed by atoms with Crippen molar-refractivity contribution in [3.8, 4) is 0 Å². The molecule has 0 atom stereocenters. The van der Waals surface area contributed by atoms with E-state index < -0.39 is 0 Å². The zero-order valence-corrected chi connectivity index (χ0v) is 6.73. The van der Waals surface area contributed by atoms with E-state index in [0.717, 1.165) is 18.4 Å². The van der Waals surface area contributed by atoms with Crippen molar-refractivity contribution in [3.05, 3.63) is 18.0 Å². The highest BCUT2D eigenvalue weighted by Gasteiger charge is 1.91. The lowest BCUT2D eigenvalue weighted by Gasteiger charge is -1.94. The molecule has 0 spiro atoms. The Balaban J connectivity index is 0.000001000. The highest BCUT2D eigenvalue weighted by atomic mass is 35.5. The minimum atomic E-state index is 0. The first-order chi connectivity index (χ1) is 4.93. The summed E-state index contributed by atoms with van der Waals surface area (Å²) in [6.45, 7) is 0.545. The summed E-state index contributed by atoms with van der Waals surface area (Å²) in [5, 5.41) is 13.0. The zero-order valence-electron chi connectivity index (χ0n) is 5.91. The summed E-state index contributed by atoms with van der Waals surface area (Å²) in [5.41, 5.74) is 1.10. The number of aromatic nitrogens is 2. The summed E-state index contributed by atoms with van der Waals surface area (Å²) in [6, 6.07) is 0. The van der Waals surface area contributed by atoms with Crippen molar-refractivity contribution in [1.82, 2.24) is 10.2 Å². The lowest BCUT2D eigenvalue weighted by atomic mass is 10.3. The molecule has 1 heterocycles. The van der Waals surface area contributed by atoms with Crippen LogP contribution in [-0.4, -0.2) is 23.2 Å². The summed E-state index contributed by atoms with van der Waals surface area (Å²) < 4.78 is 4.71. The Morgan fingerprint density at radius 1 is 1.73 bits per heavy atom. The van der Waals surface area contributed by atoms with Gasteiger partial charge < -0.3 is 4.74 Å². The van der Waals surface area contributed by atoms with Crippen molar-refractivity contribution in [2.24, 2.45) is 0 Å². The normalized spacial score (nSPS) is 8.36. The van der Waals surface area contributed by atoms with E-state index in [1.54, 1.807) is 6.20 Å². The van der Waals surface area contributed by atoms with Crippen LogP contribution in [0.2, 0.25) is 0 Å². The van der Waals surface area contributed by atoms with Crippen molar-refractivity contribution < 1.29 is 4.74 Å². The molecule has 0 radical (unpaired) electrons. The number of halogens is 1. The molecule has 0 saturated carbocycles. The number of hydrogen-bond acceptors (Lipinski definition) is 3. The van der Waals surface area contributed by atoms with Crippen molar-refractivity contribution in [2.45, 2.75) is 6.42 Å². The molecular formula is C6H10ClN3O. The summed E-state index contributed by atoms with van der Waals surface area (Å²) in [5.74, 6) is 0. The number of ether oxygens (including phenoxy) is 1. The summed E-state index contributed by atoms with van der Waals surface area (Å²) in [6.07, 6.45) is 5.30. The van der Waals surface area contributed by atoms with Gasteiger partial charge in [-0.2, -0.15) is 5.10 Å². The number of aromatic amines is 1. The van der Waals surface area contributed by atoms with E-state index in [9.17, 15) is 0 Å². The molecule has 5 heteroatoms. The monoisotopic (exact) mass is 175 g/mol. The quantitative estimate of drug-likeness (QED) is 0.408. The molecule has 0 unspecified atom stereocenters. The smallest absolute Gasteiger partial charge is 0.166 e. The Hall–Kier alpha value is -1.03. The Morgan fingerprint density at radius 3 is 3.09 bits per heavy atom. The fourth-order valence-electron chi connectivity index (χ4n) is 0.650. The Labute approximate surface area is 70.9 Å². The van der Waals surface area contributed by atoms with Crippen molar-refractivity contribution in [3.63, 3.8) is 0 Å². The Morgan fingerprint density at radius 2 is 2.55 bits per heavy atom. The third kappa shape index (κ3) is 3.62. The van der Waals surface area contributed by atoms with E-state index in [-0.39, 0.29) is 12.4 Å². The molecule has 1 rings (SSSR count). The molecule has 1 aromatic rings. The highest BCUT2D eigenvalue weighted by molar-refractivity contribution is 5.85. The van der Waals surface area contributed by atoms with E-state index in [2.05, 4.69) is 10.2 Å². The number of nitrogens with zero attached hydrogens (tertiary/aromatic N) is 1. The predicted molar refractivity (Wildman–Crippen MR) is 44.3 cm³/mol. The lowest BCUT2D eigenvalue weighted by molar-refractivity contribution is 0.322. The number of H-pyrrole nitrogens is 1. The predicted octanol–water partition coefficient (Wildman–Crippen LogP) is 0.998. The Bertz CT molecular complexity index is 188. The highest BCUT2D eigenvalue weighted by Crippen LogP contribution is 1.93. The van der Waals surface area contributed by atoms with Gasteiger partial charge in [-0.05, 0) is 5.56 Å². The average molecular weight is 176 g/mol. The minimum absolute atomic E-state index is 0. The standard InChI is InChI=1S/C6H9N3O.ClH/c7-5-10-2-1-6-3-8-9-4-6;/h3-5,7H,1-2H2,(H,8,9);1H. The van der Waals surface area contributed by atoms with Crippen molar-refractivity contribution in [1.29, 1.82) is 5.41 Å². The second-order valence-corrected chi connectivity index (χ2v) is 1.85. The maximum Gasteiger partial charge on any atom is 0.166 e. The first-order valence-corrected chi connectivity index (χ1v) is 3.01. The molecule has 62 valence electrons. The molecule has 0 amide bonds. The third-order valence-corrected chi connectivity index (χ3v) is 1.15. The van der Waals surface area contributed by atoms with Crippen LogP contribution in [0.3, 0.4) is 0 Å². The molecular weight excluding hydrogens is 166 g/mol. The molecule has 0 fully saturated rings. The second kappa shape index (κ2) is 5.73. The van der Waals surface area contributed by atoms with Crippen molar-refractivity contribution >= 4 is 18.8 Å². The Kier molecular flexibility index (Phi) is 5.20. The molecule has 0 aromatic carbocycles. The van der Waals surface area contributed by atoms with Crippen LogP contribution in [0.15, 0.2) is 12.4 Å². The van der Waals surface area contributed by atoms with Crippen LogP contribution in [0.1, 0.15) is 5.56 Å². The van der Waals surface area contributed by atoms with Crippen molar-refractivity contribution in [2.75, 3.05) is 6.61 Å². The minimum Gasteiger partial charge on any atom is -0.483 e. The van der Waals surface area contributed by atoms with Crippen LogP contribution < -0.4 is 0 Å². The SMILES string of the molecule is Cl.N=COCCc1cn[nH]c1. The second-order valence-electron chi connectivity index (χ2n) is 1.85. The van der Waals surface area contributed by atoms with Crippen LogP contribution in [0.5, 0.6) is 0 Å². The average Bonchev–Trinajstić information content (AvgIpc) is 2.41. The van der Waals surface area contributed by atoms with Gasteiger partial charge in [-0.1, -0.05) is 0 Å². The first-order valence-electron chi connectivity index (χ1n) is 3.01. The molecule has 2 N–H and O–H groups in total. The van der Waals surface area contributed by atoms with E-state index in [4.69, 9.17) is 10.1 Å². The molecule has 0 aliphatic carbocycles. The topological polar surface area (TPSA) is 61.8 Å². The fraction of sp³-hybridized carbons (Fsp3) is 0.333. The van der Waals surface area contributed by atoms with Gasteiger partial charge >= 0.3 is 0 Å². The molecule has 1 aromatic heterocycles. The van der Waals surface area contributed by atoms with E-state index in [0.29, 0.717) is 6.61 Å². The summed E-state index contributed by atoms with van der Waals surface area (Å²) >= 11 is 0. The van der Waals surface area contributed by atoms with Gasteiger partial charge in [0.15, 0.2) is 6.40 Å². The number of hydrogen-bond donors (Lipinski definition) is 2. The number of rotatable bonds is 4. The third-order valence-electron chi connectivity index (χ3n) is 1.15. The fourth-order valence-corrected chi connectivity index (χ4v) is 0.650. The van der Waals surface area contributed by atoms with Gasteiger partial charge in [0.1, 0.15) is 0 Å². The van der Waals surface area contributed by atoms with Gasteiger partial charge in [-0.25, -0.2) is 0 Å².